The minimum atomic E-state index is -4.36. The van der Waals surface area contributed by atoms with Crippen LogP contribution in [0, 0.1) is 13.8 Å². The number of aromatic nitrogens is 2. The number of anilines is 1. The highest BCUT2D eigenvalue weighted by Crippen LogP contribution is 2.33. The second-order valence-electron chi connectivity index (χ2n) is 4.85. The van der Waals surface area contributed by atoms with Crippen molar-refractivity contribution < 1.29 is 13.2 Å². The molecule has 1 heterocycles. The summed E-state index contributed by atoms with van der Waals surface area (Å²) in [4.78, 5) is 0. The van der Waals surface area contributed by atoms with E-state index in [0.717, 1.165) is 29.1 Å². The second-order valence-corrected chi connectivity index (χ2v) is 5.77. The second kappa shape index (κ2) is 5.71. The van der Waals surface area contributed by atoms with Gasteiger partial charge in [0, 0.05) is 35.0 Å². The molecule has 114 valence electrons. The lowest BCUT2D eigenvalue weighted by Crippen LogP contribution is -2.07. The quantitative estimate of drug-likeness (QED) is 0.876. The Morgan fingerprint density at radius 2 is 1.90 bits per heavy atom. The monoisotopic (exact) mass is 361 g/mol. The Morgan fingerprint density at radius 3 is 2.43 bits per heavy atom. The molecule has 2 rings (SSSR count). The number of halogens is 4. The van der Waals surface area contributed by atoms with Crippen molar-refractivity contribution >= 4 is 21.6 Å². The Bertz CT molecular complexity index is 662. The summed E-state index contributed by atoms with van der Waals surface area (Å²) in [6, 6.07) is 3.79. The van der Waals surface area contributed by atoms with Gasteiger partial charge in [0.15, 0.2) is 0 Å². The average Bonchev–Trinajstić information content (AvgIpc) is 2.59. The molecule has 3 nitrogen and oxygen atoms in total. The number of hydrogen-bond donors (Lipinski definition) is 1. The first-order valence-corrected chi connectivity index (χ1v) is 7.08. The SMILES string of the molecule is Cc1nn(C)c(C)c1CNc1cc(Br)cc(C(F)(F)F)c1. The van der Waals surface area contributed by atoms with Gasteiger partial charge in [-0.15, -0.1) is 0 Å². The van der Waals surface area contributed by atoms with Gasteiger partial charge in [-0.3, -0.25) is 4.68 Å². The molecule has 0 aliphatic rings. The number of rotatable bonds is 3. The largest absolute Gasteiger partial charge is 0.416 e. The van der Waals surface area contributed by atoms with Gasteiger partial charge in [-0.25, -0.2) is 0 Å². The van der Waals surface area contributed by atoms with E-state index in [1.807, 2.05) is 20.9 Å². The summed E-state index contributed by atoms with van der Waals surface area (Å²) in [5, 5.41) is 7.31. The molecular formula is C14H15BrF3N3. The lowest BCUT2D eigenvalue weighted by molar-refractivity contribution is -0.137. The zero-order chi connectivity index (χ0) is 15.8. The number of alkyl halides is 3. The number of aryl methyl sites for hydroxylation is 2. The topological polar surface area (TPSA) is 29.9 Å². The molecular weight excluding hydrogens is 347 g/mol. The van der Waals surface area contributed by atoms with E-state index < -0.39 is 11.7 Å². The fourth-order valence-corrected chi connectivity index (χ4v) is 2.61. The van der Waals surface area contributed by atoms with E-state index >= 15 is 0 Å². The highest BCUT2D eigenvalue weighted by molar-refractivity contribution is 9.10. The molecule has 0 aliphatic heterocycles. The van der Waals surface area contributed by atoms with E-state index in [9.17, 15) is 13.2 Å². The Balaban J connectivity index is 2.22. The summed E-state index contributed by atoms with van der Waals surface area (Å²) in [6.45, 7) is 4.24. The standard InChI is InChI=1S/C14H15BrF3N3/c1-8-13(9(2)21(3)20-8)7-19-12-5-10(14(16,17)18)4-11(15)6-12/h4-6,19H,7H2,1-3H3. The molecule has 0 fully saturated rings. The Labute approximate surface area is 129 Å². The van der Waals surface area contributed by atoms with Crippen LogP contribution in [0.3, 0.4) is 0 Å². The predicted octanol–water partition coefficient (Wildman–Crippen LogP) is 4.43. The smallest absolute Gasteiger partial charge is 0.381 e. The van der Waals surface area contributed by atoms with E-state index in [1.165, 1.54) is 0 Å². The molecule has 1 aromatic carbocycles. The van der Waals surface area contributed by atoms with E-state index in [1.54, 1.807) is 10.7 Å². The first-order chi connectivity index (χ1) is 9.68. The van der Waals surface area contributed by atoms with Crippen LogP contribution in [0.25, 0.3) is 0 Å². The summed E-state index contributed by atoms with van der Waals surface area (Å²) in [5.41, 5.74) is 2.59. The fraction of sp³-hybridized carbons (Fsp3) is 0.357. The van der Waals surface area contributed by atoms with Crippen LogP contribution in [0.15, 0.2) is 22.7 Å². The van der Waals surface area contributed by atoms with E-state index in [2.05, 4.69) is 26.3 Å². The van der Waals surface area contributed by atoms with Crippen molar-refractivity contribution in [2.75, 3.05) is 5.32 Å². The summed E-state index contributed by atoms with van der Waals surface area (Å²) >= 11 is 3.11. The van der Waals surface area contributed by atoms with Gasteiger partial charge in [0.25, 0.3) is 0 Å². The lowest BCUT2D eigenvalue weighted by atomic mass is 10.1. The Hall–Kier alpha value is -1.50. The third kappa shape index (κ3) is 3.58. The molecule has 0 radical (unpaired) electrons. The van der Waals surface area contributed by atoms with Crippen LogP contribution in [0.2, 0.25) is 0 Å². The van der Waals surface area contributed by atoms with Gasteiger partial charge < -0.3 is 5.32 Å². The molecule has 0 unspecified atom stereocenters. The Kier molecular flexibility index (Phi) is 4.32. The zero-order valence-electron chi connectivity index (χ0n) is 11.8. The van der Waals surface area contributed by atoms with Crippen molar-refractivity contribution in [2.24, 2.45) is 7.05 Å². The van der Waals surface area contributed by atoms with Crippen LogP contribution < -0.4 is 5.32 Å². The van der Waals surface area contributed by atoms with E-state index in [-0.39, 0.29) is 0 Å². The molecule has 0 saturated heterocycles. The summed E-state index contributed by atoms with van der Waals surface area (Å²) in [6.07, 6.45) is -4.36. The van der Waals surface area contributed by atoms with Crippen LogP contribution in [0.1, 0.15) is 22.5 Å². The van der Waals surface area contributed by atoms with Gasteiger partial charge in [0.1, 0.15) is 0 Å². The molecule has 0 bridgehead atoms. The molecule has 0 aliphatic carbocycles. The number of nitrogens with zero attached hydrogens (tertiary/aromatic N) is 2. The molecule has 1 N–H and O–H groups in total. The van der Waals surface area contributed by atoms with Crippen LogP contribution >= 0.6 is 15.9 Å². The predicted molar refractivity (Wildman–Crippen MR) is 79.2 cm³/mol. The maximum Gasteiger partial charge on any atom is 0.416 e. The molecule has 0 spiro atoms. The Morgan fingerprint density at radius 1 is 1.24 bits per heavy atom. The maximum atomic E-state index is 12.8. The minimum absolute atomic E-state index is 0.388. The van der Waals surface area contributed by atoms with Crippen molar-refractivity contribution in [3.63, 3.8) is 0 Å². The average molecular weight is 362 g/mol. The highest BCUT2D eigenvalue weighted by atomic mass is 79.9. The molecule has 1 aromatic heterocycles. The molecule has 2 aromatic rings. The number of benzene rings is 1. The molecule has 21 heavy (non-hydrogen) atoms. The van der Waals surface area contributed by atoms with Gasteiger partial charge >= 0.3 is 6.18 Å². The van der Waals surface area contributed by atoms with Crippen molar-refractivity contribution in [1.29, 1.82) is 0 Å². The normalized spacial score (nSPS) is 11.8. The van der Waals surface area contributed by atoms with E-state index in [0.29, 0.717) is 16.7 Å². The molecule has 0 saturated carbocycles. The van der Waals surface area contributed by atoms with Gasteiger partial charge in [0.2, 0.25) is 0 Å². The minimum Gasteiger partial charge on any atom is -0.381 e. The molecule has 7 heteroatoms. The van der Waals surface area contributed by atoms with E-state index in [4.69, 9.17) is 0 Å². The van der Waals surface area contributed by atoms with Crippen LogP contribution in [0.5, 0.6) is 0 Å². The number of hydrogen-bond acceptors (Lipinski definition) is 2. The third-order valence-corrected chi connectivity index (χ3v) is 3.81. The van der Waals surface area contributed by atoms with Crippen molar-refractivity contribution in [3.8, 4) is 0 Å². The third-order valence-electron chi connectivity index (χ3n) is 3.35. The maximum absolute atomic E-state index is 12.8. The van der Waals surface area contributed by atoms with Gasteiger partial charge in [-0.2, -0.15) is 18.3 Å². The first kappa shape index (κ1) is 15.9. The summed E-state index contributed by atoms with van der Waals surface area (Å²) in [5.74, 6) is 0. The molecule has 0 amide bonds. The van der Waals surface area contributed by atoms with Crippen LogP contribution in [0.4, 0.5) is 18.9 Å². The van der Waals surface area contributed by atoms with Crippen molar-refractivity contribution in [2.45, 2.75) is 26.6 Å². The van der Waals surface area contributed by atoms with Gasteiger partial charge in [0.05, 0.1) is 11.3 Å². The first-order valence-electron chi connectivity index (χ1n) is 6.29. The zero-order valence-corrected chi connectivity index (χ0v) is 13.4. The van der Waals surface area contributed by atoms with Crippen LogP contribution in [-0.4, -0.2) is 9.78 Å². The van der Waals surface area contributed by atoms with Crippen molar-refractivity contribution in [1.82, 2.24) is 9.78 Å². The highest BCUT2D eigenvalue weighted by Gasteiger charge is 2.31. The van der Waals surface area contributed by atoms with Gasteiger partial charge in [-0.05, 0) is 32.0 Å². The summed E-state index contributed by atoms with van der Waals surface area (Å²) < 4.78 is 40.5. The summed E-state index contributed by atoms with van der Waals surface area (Å²) in [7, 11) is 1.84. The van der Waals surface area contributed by atoms with Gasteiger partial charge in [-0.1, -0.05) is 15.9 Å². The number of nitrogens with one attached hydrogen (secondary N) is 1. The molecule has 0 atom stereocenters. The lowest BCUT2D eigenvalue weighted by Gasteiger charge is -2.12. The fourth-order valence-electron chi connectivity index (χ4n) is 2.12. The van der Waals surface area contributed by atoms with Crippen molar-refractivity contribution in [3.05, 3.63) is 45.2 Å². The van der Waals surface area contributed by atoms with Crippen LogP contribution in [-0.2, 0) is 19.8 Å².